The number of H-pyrrole nitrogens is 1. The molecule has 3 aromatic heterocycles. The van der Waals surface area contributed by atoms with Crippen molar-refractivity contribution in [2.75, 3.05) is 6.61 Å². The van der Waals surface area contributed by atoms with E-state index in [0.717, 1.165) is 11.1 Å². The van der Waals surface area contributed by atoms with Crippen LogP contribution in [-0.4, -0.2) is 22.5 Å². The molecule has 6 nitrogen and oxygen atoms in total. The molecule has 0 spiro atoms. The highest BCUT2D eigenvalue weighted by Crippen LogP contribution is 2.32. The number of thiophene rings is 1. The average molecular weight is 427 g/mol. The number of nitrogens with zero attached hydrogens (tertiary/aromatic N) is 1. The molecule has 3 heterocycles. The van der Waals surface area contributed by atoms with Crippen molar-refractivity contribution in [1.29, 1.82) is 0 Å². The van der Waals surface area contributed by atoms with Crippen LogP contribution in [0.5, 0.6) is 0 Å². The normalized spacial score (nSPS) is 11.1. The Bertz CT molecular complexity index is 1220. The Hall–Kier alpha value is -2.84. The summed E-state index contributed by atoms with van der Waals surface area (Å²) < 4.78 is 10.4. The number of fused-ring (bicyclic) bond motifs is 1. The minimum atomic E-state index is -0.487. The second-order valence-electron chi connectivity index (χ2n) is 6.34. The number of furan rings is 1. The molecule has 0 amide bonds. The third kappa shape index (κ3) is 4.13. The quantitative estimate of drug-likeness (QED) is 0.265. The predicted octanol–water partition coefficient (Wildman–Crippen LogP) is 5.02. The lowest BCUT2D eigenvalue weighted by molar-refractivity contribution is 0.0488. The van der Waals surface area contributed by atoms with Gasteiger partial charge >= 0.3 is 5.97 Å². The summed E-state index contributed by atoms with van der Waals surface area (Å²) in [5.74, 6) is 0.718. The summed E-state index contributed by atoms with van der Waals surface area (Å²) in [6.45, 7) is 4.06. The van der Waals surface area contributed by atoms with Crippen LogP contribution in [0.3, 0.4) is 0 Å². The fourth-order valence-electron chi connectivity index (χ4n) is 2.85. The molecule has 0 aliphatic rings. The summed E-state index contributed by atoms with van der Waals surface area (Å²) in [5.41, 5.74) is 2.89. The number of rotatable bonds is 6. The summed E-state index contributed by atoms with van der Waals surface area (Å²) in [6, 6.07) is 11.4. The topological polar surface area (TPSA) is 85.2 Å². The van der Waals surface area contributed by atoms with Crippen molar-refractivity contribution >= 4 is 39.3 Å². The van der Waals surface area contributed by atoms with Gasteiger partial charge in [0.15, 0.2) is 5.16 Å². The molecule has 0 aliphatic heterocycles. The van der Waals surface area contributed by atoms with E-state index in [1.807, 2.05) is 36.6 Å². The second kappa shape index (κ2) is 8.26. The maximum absolute atomic E-state index is 12.7. The molecule has 29 heavy (non-hydrogen) atoms. The zero-order valence-electron chi connectivity index (χ0n) is 15.9. The van der Waals surface area contributed by atoms with Crippen LogP contribution in [0.1, 0.15) is 28.8 Å². The van der Waals surface area contributed by atoms with Gasteiger partial charge in [0.1, 0.15) is 10.6 Å². The molecule has 0 atom stereocenters. The van der Waals surface area contributed by atoms with E-state index >= 15 is 0 Å². The van der Waals surface area contributed by atoms with Crippen molar-refractivity contribution in [3.05, 3.63) is 69.2 Å². The minimum absolute atomic E-state index is 0.166. The molecule has 4 rings (SSSR count). The highest BCUT2D eigenvalue weighted by molar-refractivity contribution is 7.98. The molecule has 8 heteroatoms. The van der Waals surface area contributed by atoms with Gasteiger partial charge in [-0.25, -0.2) is 9.78 Å². The number of aryl methyl sites for hydroxylation is 1. The number of benzene rings is 1. The van der Waals surface area contributed by atoms with Crippen molar-refractivity contribution in [1.82, 2.24) is 9.97 Å². The number of aromatic nitrogens is 2. The number of carbonyl (C=O) groups is 1. The SMILES string of the molecule is CCOC(=O)c1ccc(CSc2nc3scc(-c4ccc(C)cc4)c3c(=O)[nH]2)o1. The van der Waals surface area contributed by atoms with Crippen LogP contribution in [0, 0.1) is 6.92 Å². The van der Waals surface area contributed by atoms with Crippen LogP contribution in [0.15, 0.2) is 56.1 Å². The van der Waals surface area contributed by atoms with Crippen LogP contribution < -0.4 is 5.56 Å². The van der Waals surface area contributed by atoms with E-state index < -0.39 is 5.97 Å². The molecule has 148 valence electrons. The zero-order chi connectivity index (χ0) is 20.4. The highest BCUT2D eigenvalue weighted by atomic mass is 32.2. The largest absolute Gasteiger partial charge is 0.460 e. The first-order valence-corrected chi connectivity index (χ1v) is 10.9. The molecule has 0 saturated heterocycles. The van der Waals surface area contributed by atoms with Crippen LogP contribution in [-0.2, 0) is 10.5 Å². The van der Waals surface area contributed by atoms with Gasteiger partial charge in [0.2, 0.25) is 5.76 Å². The van der Waals surface area contributed by atoms with Gasteiger partial charge in [-0.05, 0) is 31.5 Å². The number of nitrogens with one attached hydrogen (secondary N) is 1. The molecule has 1 N–H and O–H groups in total. The Kier molecular flexibility index (Phi) is 5.55. The van der Waals surface area contributed by atoms with Gasteiger partial charge in [0.05, 0.1) is 17.7 Å². The fraction of sp³-hybridized carbons (Fsp3) is 0.190. The molecule has 0 unspecified atom stereocenters. The van der Waals surface area contributed by atoms with Gasteiger partial charge in [0, 0.05) is 10.9 Å². The van der Waals surface area contributed by atoms with E-state index in [9.17, 15) is 9.59 Å². The van der Waals surface area contributed by atoms with Crippen molar-refractivity contribution in [3.63, 3.8) is 0 Å². The van der Waals surface area contributed by atoms with Crippen molar-refractivity contribution in [2.45, 2.75) is 24.8 Å². The van der Waals surface area contributed by atoms with Gasteiger partial charge in [0.25, 0.3) is 5.56 Å². The van der Waals surface area contributed by atoms with Crippen LogP contribution >= 0.6 is 23.1 Å². The van der Waals surface area contributed by atoms with E-state index in [2.05, 4.69) is 9.97 Å². The number of thioether (sulfide) groups is 1. The summed E-state index contributed by atoms with van der Waals surface area (Å²) in [6.07, 6.45) is 0. The van der Waals surface area contributed by atoms with E-state index in [0.29, 0.717) is 33.5 Å². The number of carbonyl (C=O) groups excluding carboxylic acids is 1. The summed E-state index contributed by atoms with van der Waals surface area (Å²) in [4.78, 5) is 32.5. The standard InChI is InChI=1S/C21H18N2O4S2/c1-3-26-20(25)16-9-8-14(27-16)10-29-21-22-18(24)17-15(11-28-19(17)23-21)13-6-4-12(2)5-7-13/h4-9,11H,3,10H2,1-2H3,(H,22,23,24). The minimum Gasteiger partial charge on any atom is -0.460 e. The number of hydrogen-bond acceptors (Lipinski definition) is 7. The molecule has 0 fully saturated rings. The van der Waals surface area contributed by atoms with Crippen molar-refractivity contribution in [2.24, 2.45) is 0 Å². The summed E-state index contributed by atoms with van der Waals surface area (Å²) >= 11 is 2.79. The monoisotopic (exact) mass is 426 g/mol. The van der Waals surface area contributed by atoms with Crippen molar-refractivity contribution < 1.29 is 13.9 Å². The first-order chi connectivity index (χ1) is 14.0. The molecule has 4 aromatic rings. The molecule has 0 saturated carbocycles. The van der Waals surface area contributed by atoms with Crippen molar-refractivity contribution in [3.8, 4) is 11.1 Å². The third-order valence-corrected chi connectivity index (χ3v) is 6.04. The average Bonchev–Trinajstić information content (AvgIpc) is 3.35. The van der Waals surface area contributed by atoms with Gasteiger partial charge in [-0.2, -0.15) is 0 Å². The number of esters is 1. The van der Waals surface area contributed by atoms with Crippen LogP contribution in [0.2, 0.25) is 0 Å². The fourth-order valence-corrected chi connectivity index (χ4v) is 4.61. The Morgan fingerprint density at radius 3 is 2.79 bits per heavy atom. The lowest BCUT2D eigenvalue weighted by Gasteiger charge is -2.02. The molecular weight excluding hydrogens is 408 g/mol. The first-order valence-electron chi connectivity index (χ1n) is 9.02. The first kappa shape index (κ1) is 19.5. The Labute approximate surface area is 174 Å². The van der Waals surface area contributed by atoms with Gasteiger partial charge in [-0.3, -0.25) is 4.79 Å². The molecular formula is C21H18N2O4S2. The van der Waals surface area contributed by atoms with Gasteiger partial charge in [-0.1, -0.05) is 41.6 Å². The lowest BCUT2D eigenvalue weighted by Crippen LogP contribution is -2.08. The molecule has 0 bridgehead atoms. The summed E-state index contributed by atoms with van der Waals surface area (Å²) in [5, 5.41) is 3.07. The molecule has 1 aromatic carbocycles. The molecule has 0 aliphatic carbocycles. The highest BCUT2D eigenvalue weighted by Gasteiger charge is 2.15. The van der Waals surface area contributed by atoms with Gasteiger partial charge < -0.3 is 14.1 Å². The maximum atomic E-state index is 12.7. The number of hydrogen-bond donors (Lipinski definition) is 1. The summed E-state index contributed by atoms with van der Waals surface area (Å²) in [7, 11) is 0. The Balaban J connectivity index is 1.55. The Morgan fingerprint density at radius 1 is 1.24 bits per heavy atom. The predicted molar refractivity (Wildman–Crippen MR) is 115 cm³/mol. The maximum Gasteiger partial charge on any atom is 0.374 e. The van der Waals surface area contributed by atoms with E-state index in [1.165, 1.54) is 28.7 Å². The Morgan fingerprint density at radius 2 is 2.03 bits per heavy atom. The third-order valence-electron chi connectivity index (χ3n) is 4.27. The number of ether oxygens (including phenoxy) is 1. The van der Waals surface area contributed by atoms with E-state index in [4.69, 9.17) is 9.15 Å². The van der Waals surface area contributed by atoms with Crippen LogP contribution in [0.25, 0.3) is 21.3 Å². The lowest BCUT2D eigenvalue weighted by atomic mass is 10.1. The van der Waals surface area contributed by atoms with E-state index in [1.54, 1.807) is 19.1 Å². The zero-order valence-corrected chi connectivity index (χ0v) is 17.5. The second-order valence-corrected chi connectivity index (χ2v) is 8.16. The van der Waals surface area contributed by atoms with E-state index in [-0.39, 0.29) is 11.3 Å². The smallest absolute Gasteiger partial charge is 0.374 e. The van der Waals surface area contributed by atoms with Crippen LogP contribution in [0.4, 0.5) is 0 Å². The van der Waals surface area contributed by atoms with Gasteiger partial charge in [-0.15, -0.1) is 11.3 Å². The number of aromatic amines is 1. The molecule has 0 radical (unpaired) electrons.